The van der Waals surface area contributed by atoms with E-state index in [1.807, 2.05) is 0 Å². The van der Waals surface area contributed by atoms with Crippen LogP contribution in [0.4, 0.5) is 0 Å². The van der Waals surface area contributed by atoms with E-state index in [0.29, 0.717) is 39.4 Å². The number of methoxy groups -OCH3 is 1. The summed E-state index contributed by atoms with van der Waals surface area (Å²) in [6.45, 7) is 1.76. The van der Waals surface area contributed by atoms with Gasteiger partial charge in [0.15, 0.2) is 0 Å². The number of aromatic nitrogens is 1. The number of nitrogens with two attached hydrogens (primary N) is 1. The van der Waals surface area contributed by atoms with Gasteiger partial charge in [-0.1, -0.05) is 0 Å². The van der Waals surface area contributed by atoms with E-state index in [0.717, 1.165) is 12.8 Å². The smallest absolute Gasteiger partial charge is 0.249 e. The molecule has 1 aromatic heterocycles. The minimum absolute atomic E-state index is 0.0144. The highest BCUT2D eigenvalue weighted by atomic mass is 16.5. The number of nitrogens with zero attached hydrogens (tertiary/aromatic N) is 3. The van der Waals surface area contributed by atoms with Crippen molar-refractivity contribution in [2.24, 2.45) is 11.7 Å². The van der Waals surface area contributed by atoms with Crippen LogP contribution in [0.1, 0.15) is 34.5 Å². The van der Waals surface area contributed by atoms with Gasteiger partial charge in [0.05, 0.1) is 30.7 Å². The molecule has 2 heterocycles. The number of primary amides is 1. The van der Waals surface area contributed by atoms with Crippen molar-refractivity contribution < 1.29 is 14.3 Å². The number of carbonyl (C=O) groups is 2. The number of hydrogen-bond donors (Lipinski definition) is 1. The molecular weight excluding hydrogens is 344 g/mol. The molecule has 2 aromatic rings. The number of fused-ring (bicyclic) bond motifs is 2. The Bertz CT molecular complexity index is 1010. The molecule has 2 amide bonds. The van der Waals surface area contributed by atoms with Crippen LogP contribution >= 0.6 is 0 Å². The molecule has 2 aliphatic rings. The van der Waals surface area contributed by atoms with Crippen molar-refractivity contribution in [3.8, 4) is 11.8 Å². The lowest BCUT2D eigenvalue weighted by Crippen LogP contribution is -2.39. The molecule has 1 aromatic carbocycles. The minimum Gasteiger partial charge on any atom is -0.497 e. The summed E-state index contributed by atoms with van der Waals surface area (Å²) in [5, 5.41) is 9.93. The highest BCUT2D eigenvalue weighted by molar-refractivity contribution is 6.08. The summed E-state index contributed by atoms with van der Waals surface area (Å²) in [5.74, 6) is 0.327. The number of rotatable bonds is 4. The van der Waals surface area contributed by atoms with E-state index in [2.05, 4.69) is 11.1 Å². The molecule has 1 saturated carbocycles. The van der Waals surface area contributed by atoms with E-state index in [4.69, 9.17) is 10.5 Å². The van der Waals surface area contributed by atoms with Gasteiger partial charge in [-0.15, -0.1) is 0 Å². The average molecular weight is 364 g/mol. The van der Waals surface area contributed by atoms with E-state index < -0.39 is 5.91 Å². The molecule has 2 N–H and O–H groups in total. The summed E-state index contributed by atoms with van der Waals surface area (Å²) < 4.78 is 5.22. The van der Waals surface area contributed by atoms with Crippen LogP contribution in [-0.2, 0) is 11.2 Å². The van der Waals surface area contributed by atoms with Crippen molar-refractivity contribution in [3.63, 3.8) is 0 Å². The third-order valence-electron chi connectivity index (χ3n) is 5.62. The van der Waals surface area contributed by atoms with E-state index in [1.165, 1.54) is 0 Å². The maximum Gasteiger partial charge on any atom is 0.249 e. The van der Waals surface area contributed by atoms with Gasteiger partial charge in [0.25, 0.3) is 0 Å². The van der Waals surface area contributed by atoms with Gasteiger partial charge >= 0.3 is 0 Å². The number of ether oxygens (including phenoxy) is 1. The maximum absolute atomic E-state index is 13.0. The van der Waals surface area contributed by atoms with Crippen LogP contribution in [0.25, 0.3) is 10.9 Å². The van der Waals surface area contributed by atoms with Crippen molar-refractivity contribution in [1.29, 1.82) is 5.26 Å². The van der Waals surface area contributed by atoms with Gasteiger partial charge in [0, 0.05) is 23.2 Å². The predicted molar refractivity (Wildman–Crippen MR) is 98.0 cm³/mol. The van der Waals surface area contributed by atoms with Crippen LogP contribution in [0.2, 0.25) is 0 Å². The van der Waals surface area contributed by atoms with Crippen LogP contribution < -0.4 is 10.5 Å². The number of likely N-dealkylation sites (tertiary alicyclic amines) is 1. The number of nitriles is 1. The summed E-state index contributed by atoms with van der Waals surface area (Å²) in [7, 11) is 1.56. The van der Waals surface area contributed by atoms with Gasteiger partial charge in [0.2, 0.25) is 11.8 Å². The molecule has 1 aliphatic heterocycles. The van der Waals surface area contributed by atoms with Crippen molar-refractivity contribution in [3.05, 3.63) is 35.0 Å². The predicted octanol–water partition coefficient (Wildman–Crippen LogP) is 1.71. The molecule has 138 valence electrons. The zero-order valence-corrected chi connectivity index (χ0v) is 15.2. The molecule has 1 saturated heterocycles. The highest BCUT2D eigenvalue weighted by Crippen LogP contribution is 2.47. The fraction of sp³-hybridized carbons (Fsp3) is 0.400. The first-order chi connectivity index (χ1) is 12.9. The first-order valence-electron chi connectivity index (χ1n) is 8.92. The molecule has 7 heteroatoms. The Morgan fingerprint density at radius 1 is 1.41 bits per heavy atom. The Kier molecular flexibility index (Phi) is 3.99. The third-order valence-corrected chi connectivity index (χ3v) is 5.62. The molecule has 2 fully saturated rings. The number of hydrogen-bond acceptors (Lipinski definition) is 5. The van der Waals surface area contributed by atoms with Crippen LogP contribution in [0.5, 0.6) is 5.75 Å². The fourth-order valence-corrected chi connectivity index (χ4v) is 4.20. The summed E-state index contributed by atoms with van der Waals surface area (Å²) in [6.07, 6.45) is 1.71. The third kappa shape index (κ3) is 2.78. The Morgan fingerprint density at radius 3 is 2.85 bits per heavy atom. The largest absolute Gasteiger partial charge is 0.497 e. The van der Waals surface area contributed by atoms with Crippen molar-refractivity contribution in [1.82, 2.24) is 9.88 Å². The SMILES string of the molecule is COc1ccc2c(C(N)=O)c(CC(=O)N3[C@H](C#N)C[C@@H]4C[C@@H]43)c(C)nc2c1. The van der Waals surface area contributed by atoms with Gasteiger partial charge in [0.1, 0.15) is 11.8 Å². The average Bonchev–Trinajstić information content (AvgIpc) is 3.30. The maximum atomic E-state index is 13.0. The van der Waals surface area contributed by atoms with Crippen molar-refractivity contribution in [2.45, 2.75) is 38.3 Å². The molecular formula is C20H20N4O3. The van der Waals surface area contributed by atoms with Gasteiger partial charge in [-0.2, -0.15) is 5.26 Å². The Hall–Kier alpha value is -3.14. The lowest BCUT2D eigenvalue weighted by atomic mass is 9.97. The number of benzene rings is 1. The first-order valence-corrected chi connectivity index (χ1v) is 8.92. The number of pyridine rings is 1. The van der Waals surface area contributed by atoms with Crippen LogP contribution in [0.3, 0.4) is 0 Å². The molecule has 0 unspecified atom stereocenters. The molecule has 3 atom stereocenters. The lowest BCUT2D eigenvalue weighted by Gasteiger charge is -2.23. The van der Waals surface area contributed by atoms with Gasteiger partial charge in [-0.05, 0) is 43.4 Å². The molecule has 0 bridgehead atoms. The molecule has 7 nitrogen and oxygen atoms in total. The van der Waals surface area contributed by atoms with Gasteiger partial charge < -0.3 is 15.4 Å². The summed E-state index contributed by atoms with van der Waals surface area (Å²) in [6, 6.07) is 7.21. The van der Waals surface area contributed by atoms with E-state index in [-0.39, 0.29) is 24.4 Å². The number of carbonyl (C=O) groups excluding carboxylic acids is 2. The first kappa shape index (κ1) is 17.3. The quantitative estimate of drug-likeness (QED) is 0.888. The van der Waals surface area contributed by atoms with Gasteiger partial charge in [-0.3, -0.25) is 14.6 Å². The summed E-state index contributed by atoms with van der Waals surface area (Å²) in [4.78, 5) is 31.4. The molecule has 0 radical (unpaired) electrons. The normalized spacial score (nSPS) is 23.0. The second-order valence-electron chi connectivity index (χ2n) is 7.22. The molecule has 1 aliphatic carbocycles. The fourth-order valence-electron chi connectivity index (χ4n) is 4.20. The van der Waals surface area contributed by atoms with Crippen molar-refractivity contribution >= 4 is 22.7 Å². The van der Waals surface area contributed by atoms with E-state index in [1.54, 1.807) is 37.1 Å². The highest BCUT2D eigenvalue weighted by Gasteiger charge is 2.54. The second-order valence-corrected chi connectivity index (χ2v) is 7.22. The zero-order chi connectivity index (χ0) is 19.3. The Labute approximate surface area is 156 Å². The summed E-state index contributed by atoms with van der Waals surface area (Å²) in [5.41, 5.74) is 7.68. The zero-order valence-electron chi connectivity index (χ0n) is 15.2. The van der Waals surface area contributed by atoms with Crippen LogP contribution in [-0.4, -0.2) is 40.9 Å². The lowest BCUT2D eigenvalue weighted by molar-refractivity contribution is -0.131. The molecule has 27 heavy (non-hydrogen) atoms. The molecule has 4 rings (SSSR count). The second kappa shape index (κ2) is 6.23. The standard InChI is InChI=1S/C20H20N4O3/c1-10-15(8-18(25)24-12(9-21)5-11-6-17(11)24)19(20(22)26)14-4-3-13(27-2)7-16(14)23-10/h3-4,7,11-12,17H,5-6,8H2,1-2H3,(H2,22,26)/t11-,12+,17+/m1/s1. The summed E-state index contributed by atoms with van der Waals surface area (Å²) >= 11 is 0. The topological polar surface area (TPSA) is 109 Å². The monoisotopic (exact) mass is 364 g/mol. The van der Waals surface area contributed by atoms with Crippen LogP contribution in [0, 0.1) is 24.2 Å². The Balaban J connectivity index is 1.76. The molecule has 0 spiro atoms. The van der Waals surface area contributed by atoms with Crippen molar-refractivity contribution in [2.75, 3.05) is 7.11 Å². The Morgan fingerprint density at radius 2 is 2.19 bits per heavy atom. The minimum atomic E-state index is -0.596. The van der Waals surface area contributed by atoms with E-state index >= 15 is 0 Å². The number of amides is 2. The number of aryl methyl sites for hydroxylation is 1. The number of piperidine rings is 1. The van der Waals surface area contributed by atoms with Crippen LogP contribution in [0.15, 0.2) is 18.2 Å². The van der Waals surface area contributed by atoms with E-state index in [9.17, 15) is 14.9 Å². The van der Waals surface area contributed by atoms with Gasteiger partial charge in [-0.25, -0.2) is 0 Å².